The normalized spacial score (nSPS) is 13.1. The lowest BCUT2D eigenvalue weighted by Crippen LogP contribution is -2.29. The summed E-state index contributed by atoms with van der Waals surface area (Å²) in [5.41, 5.74) is 8.43. The van der Waals surface area contributed by atoms with Crippen LogP contribution in [0.5, 0.6) is 0 Å². The minimum absolute atomic E-state index is 0.301. The Labute approximate surface area is 220 Å². The number of amides is 2. The fourth-order valence-electron chi connectivity index (χ4n) is 5.64. The highest BCUT2D eigenvalue weighted by atomic mass is 16.2. The quantitative estimate of drug-likeness (QED) is 0.236. The predicted molar refractivity (Wildman–Crippen MR) is 153 cm³/mol. The van der Waals surface area contributed by atoms with Crippen LogP contribution in [0.2, 0.25) is 0 Å². The molecule has 0 bridgehead atoms. The van der Waals surface area contributed by atoms with Gasteiger partial charge in [-0.3, -0.25) is 9.59 Å². The lowest BCUT2D eigenvalue weighted by atomic mass is 10.0. The fraction of sp³-hybridized carbons (Fsp3) is 0.0588. The first kappa shape index (κ1) is 22.3. The number of nitrogens with zero attached hydrogens (tertiary/aromatic N) is 2. The molecule has 0 saturated carbocycles. The molecule has 1 aliphatic heterocycles. The minimum Gasteiger partial charge on any atom is -0.308 e. The topological polar surface area (TPSA) is 42.3 Å². The number of rotatable bonds is 3. The van der Waals surface area contributed by atoms with Gasteiger partial charge >= 0.3 is 0 Å². The molecule has 1 aliphatic rings. The van der Waals surface area contributed by atoms with Crippen molar-refractivity contribution in [1.82, 2.24) is 4.57 Å². The zero-order valence-electron chi connectivity index (χ0n) is 21.1. The van der Waals surface area contributed by atoms with E-state index in [1.165, 1.54) is 4.90 Å². The number of benzene rings is 5. The van der Waals surface area contributed by atoms with Crippen molar-refractivity contribution in [1.29, 1.82) is 0 Å². The minimum atomic E-state index is -0.305. The largest absolute Gasteiger partial charge is 0.308 e. The van der Waals surface area contributed by atoms with Gasteiger partial charge in [0.1, 0.15) is 0 Å². The molecule has 0 N–H and O–H groups in total. The third kappa shape index (κ3) is 3.24. The first-order chi connectivity index (χ1) is 18.5. The SMILES string of the molecule is Cc1ccc2c3ccc(C)cc3n(-c3cccc4c3C(=O)N(c3cccc(-c5ccccc5)c3)C4=O)c2c1. The van der Waals surface area contributed by atoms with E-state index >= 15 is 0 Å². The third-order valence-corrected chi connectivity index (χ3v) is 7.42. The molecule has 2 heterocycles. The highest BCUT2D eigenvalue weighted by molar-refractivity contribution is 6.36. The molecule has 0 unspecified atom stereocenters. The van der Waals surface area contributed by atoms with Gasteiger partial charge in [-0.05, 0) is 72.5 Å². The van der Waals surface area contributed by atoms with Crippen LogP contribution < -0.4 is 4.90 Å². The summed E-state index contributed by atoms with van der Waals surface area (Å²) >= 11 is 0. The number of anilines is 1. The Morgan fingerprint density at radius 3 is 1.87 bits per heavy atom. The molecule has 0 saturated heterocycles. The maximum absolute atomic E-state index is 14.1. The number of fused-ring (bicyclic) bond motifs is 4. The predicted octanol–water partition coefficient (Wildman–Crippen LogP) is 7.87. The standard InChI is InChI=1S/C34H24N2O2/c1-21-14-16-26-27-17-15-22(2)19-31(27)36(30(26)18-21)29-13-7-12-28-32(29)34(38)35(33(28)37)25-11-6-10-24(20-25)23-8-4-3-5-9-23/h3-20H,1-2H3. The molecule has 1 aromatic heterocycles. The van der Waals surface area contributed by atoms with Gasteiger partial charge in [0, 0.05) is 10.8 Å². The van der Waals surface area contributed by atoms with Crippen molar-refractivity contribution in [2.45, 2.75) is 13.8 Å². The Hall–Kier alpha value is -4.96. The zero-order chi connectivity index (χ0) is 26.0. The monoisotopic (exact) mass is 492 g/mol. The van der Waals surface area contributed by atoms with Crippen molar-refractivity contribution in [3.63, 3.8) is 0 Å². The number of aromatic nitrogens is 1. The summed E-state index contributed by atoms with van der Waals surface area (Å²) in [5, 5.41) is 2.24. The van der Waals surface area contributed by atoms with Crippen LogP contribution in [0.25, 0.3) is 38.6 Å². The van der Waals surface area contributed by atoms with Crippen LogP contribution in [0, 0.1) is 13.8 Å². The summed E-state index contributed by atoms with van der Waals surface area (Å²) in [6, 6.07) is 35.9. The molecule has 4 heteroatoms. The number of aryl methyl sites for hydroxylation is 2. The Morgan fingerprint density at radius 2 is 1.18 bits per heavy atom. The molecule has 182 valence electrons. The Bertz CT molecular complexity index is 1870. The maximum Gasteiger partial charge on any atom is 0.268 e. The van der Waals surface area contributed by atoms with Gasteiger partial charge in [-0.15, -0.1) is 0 Å². The molecule has 5 aromatic carbocycles. The highest BCUT2D eigenvalue weighted by Gasteiger charge is 2.39. The van der Waals surface area contributed by atoms with E-state index in [9.17, 15) is 9.59 Å². The number of carbonyl (C=O) groups excluding carboxylic acids is 2. The Balaban J connectivity index is 1.44. The number of hydrogen-bond donors (Lipinski definition) is 0. The molecule has 0 aliphatic carbocycles. The van der Waals surface area contributed by atoms with E-state index in [0.717, 1.165) is 49.7 Å². The molecule has 0 fully saturated rings. The summed E-state index contributed by atoms with van der Waals surface area (Å²) < 4.78 is 2.14. The molecule has 0 radical (unpaired) electrons. The van der Waals surface area contributed by atoms with Crippen LogP contribution >= 0.6 is 0 Å². The van der Waals surface area contributed by atoms with Gasteiger partial charge in [-0.1, -0.05) is 72.8 Å². The van der Waals surface area contributed by atoms with Crippen LogP contribution in [0.1, 0.15) is 31.8 Å². The fourth-order valence-corrected chi connectivity index (χ4v) is 5.64. The van der Waals surface area contributed by atoms with Crippen LogP contribution in [0.4, 0.5) is 5.69 Å². The number of carbonyl (C=O) groups is 2. The van der Waals surface area contributed by atoms with Gasteiger partial charge in [0.15, 0.2) is 0 Å². The Morgan fingerprint density at radius 1 is 0.553 bits per heavy atom. The summed E-state index contributed by atoms with van der Waals surface area (Å²) in [6.45, 7) is 4.14. The summed E-state index contributed by atoms with van der Waals surface area (Å²) in [6.07, 6.45) is 0. The van der Waals surface area contributed by atoms with E-state index in [-0.39, 0.29) is 11.8 Å². The van der Waals surface area contributed by atoms with E-state index in [1.54, 1.807) is 6.07 Å². The van der Waals surface area contributed by atoms with Crippen molar-refractivity contribution in [3.8, 4) is 16.8 Å². The van der Waals surface area contributed by atoms with Crippen molar-refractivity contribution < 1.29 is 9.59 Å². The summed E-state index contributed by atoms with van der Waals surface area (Å²) in [4.78, 5) is 29.1. The van der Waals surface area contributed by atoms with Crippen molar-refractivity contribution in [3.05, 3.63) is 131 Å². The smallest absolute Gasteiger partial charge is 0.268 e. The lowest BCUT2D eigenvalue weighted by molar-refractivity contribution is 0.0926. The van der Waals surface area contributed by atoms with Gasteiger partial charge in [-0.2, -0.15) is 0 Å². The zero-order valence-corrected chi connectivity index (χ0v) is 21.1. The van der Waals surface area contributed by atoms with E-state index in [0.29, 0.717) is 16.8 Å². The third-order valence-electron chi connectivity index (χ3n) is 7.42. The maximum atomic E-state index is 14.1. The van der Waals surface area contributed by atoms with Crippen molar-refractivity contribution in [2.24, 2.45) is 0 Å². The molecular formula is C34H24N2O2. The molecule has 4 nitrogen and oxygen atoms in total. The average Bonchev–Trinajstić information content (AvgIpc) is 3.39. The highest BCUT2D eigenvalue weighted by Crippen LogP contribution is 2.38. The molecule has 0 spiro atoms. The van der Waals surface area contributed by atoms with E-state index in [1.807, 2.05) is 66.7 Å². The summed E-state index contributed by atoms with van der Waals surface area (Å²) in [7, 11) is 0. The first-order valence-electron chi connectivity index (χ1n) is 12.7. The van der Waals surface area contributed by atoms with Gasteiger partial charge < -0.3 is 4.57 Å². The van der Waals surface area contributed by atoms with Crippen LogP contribution in [-0.4, -0.2) is 16.4 Å². The van der Waals surface area contributed by atoms with Gasteiger partial charge in [0.25, 0.3) is 11.8 Å². The lowest BCUT2D eigenvalue weighted by Gasteiger charge is -2.16. The van der Waals surface area contributed by atoms with E-state index in [2.05, 4.69) is 54.8 Å². The second-order valence-corrected chi connectivity index (χ2v) is 9.94. The molecule has 0 atom stereocenters. The van der Waals surface area contributed by atoms with Crippen LogP contribution in [-0.2, 0) is 0 Å². The molecule has 2 amide bonds. The van der Waals surface area contributed by atoms with Gasteiger partial charge in [0.05, 0.1) is 33.5 Å². The van der Waals surface area contributed by atoms with Crippen molar-refractivity contribution in [2.75, 3.05) is 4.90 Å². The molecular weight excluding hydrogens is 468 g/mol. The molecule has 7 rings (SSSR count). The number of imide groups is 1. The van der Waals surface area contributed by atoms with Gasteiger partial charge in [-0.25, -0.2) is 4.90 Å². The average molecular weight is 493 g/mol. The van der Waals surface area contributed by atoms with Gasteiger partial charge in [0.2, 0.25) is 0 Å². The second kappa shape index (κ2) is 8.29. The number of hydrogen-bond acceptors (Lipinski definition) is 2. The van der Waals surface area contributed by atoms with Crippen molar-refractivity contribution >= 4 is 39.3 Å². The molecule has 6 aromatic rings. The first-order valence-corrected chi connectivity index (χ1v) is 12.7. The van der Waals surface area contributed by atoms with Crippen LogP contribution in [0.15, 0.2) is 109 Å². The second-order valence-electron chi connectivity index (χ2n) is 9.94. The molecule has 38 heavy (non-hydrogen) atoms. The summed E-state index contributed by atoms with van der Waals surface area (Å²) in [5.74, 6) is -0.605. The van der Waals surface area contributed by atoms with E-state index in [4.69, 9.17) is 0 Å². The van der Waals surface area contributed by atoms with E-state index < -0.39 is 0 Å². The van der Waals surface area contributed by atoms with Crippen LogP contribution in [0.3, 0.4) is 0 Å². The Kier molecular flexibility index (Phi) is 4.85.